The van der Waals surface area contributed by atoms with Gasteiger partial charge in [-0.15, -0.1) is 10.2 Å². The summed E-state index contributed by atoms with van der Waals surface area (Å²) in [4.78, 5) is 12.0. The lowest BCUT2D eigenvalue weighted by Crippen LogP contribution is -2.12. The van der Waals surface area contributed by atoms with Gasteiger partial charge in [-0.1, -0.05) is 23.4 Å². The molecule has 1 N–H and O–H groups in total. The Kier molecular flexibility index (Phi) is 6.14. The number of amides is 1. The maximum absolute atomic E-state index is 12.0. The van der Waals surface area contributed by atoms with Crippen LogP contribution in [0.25, 0.3) is 11.5 Å². The minimum atomic E-state index is -0.0832. The molecule has 1 amide bonds. The van der Waals surface area contributed by atoms with Crippen LogP contribution >= 0.6 is 23.4 Å². The monoisotopic (exact) mass is 389 g/mol. The van der Waals surface area contributed by atoms with Crippen LogP contribution in [0.15, 0.2) is 58.2 Å². The van der Waals surface area contributed by atoms with Crippen LogP contribution in [0.4, 0.5) is 5.69 Å². The summed E-state index contributed by atoms with van der Waals surface area (Å²) in [5, 5.41) is 11.9. The van der Waals surface area contributed by atoms with Gasteiger partial charge < -0.3 is 14.5 Å². The van der Waals surface area contributed by atoms with Crippen LogP contribution in [0, 0.1) is 0 Å². The van der Waals surface area contributed by atoms with E-state index < -0.39 is 0 Å². The molecule has 1 aromatic heterocycles. The third kappa shape index (κ3) is 5.00. The van der Waals surface area contributed by atoms with Gasteiger partial charge in [-0.3, -0.25) is 4.79 Å². The fourth-order valence-corrected chi connectivity index (χ4v) is 2.93. The average molecular weight is 390 g/mol. The topological polar surface area (TPSA) is 77.2 Å². The predicted molar refractivity (Wildman–Crippen MR) is 102 cm³/mol. The lowest BCUT2D eigenvalue weighted by molar-refractivity contribution is -0.115. The summed E-state index contributed by atoms with van der Waals surface area (Å²) in [5.74, 6) is 1.61. The number of carbonyl (C=O) groups excluding carboxylic acids is 1. The second-order valence-corrected chi connectivity index (χ2v) is 6.74. The number of carbonyl (C=O) groups is 1. The van der Waals surface area contributed by atoms with E-state index in [1.807, 2.05) is 12.1 Å². The van der Waals surface area contributed by atoms with Crippen molar-refractivity contribution >= 4 is 35.0 Å². The highest BCUT2D eigenvalue weighted by molar-refractivity contribution is 7.99. The molecule has 3 aromatic rings. The van der Waals surface area contributed by atoms with Crippen molar-refractivity contribution in [1.82, 2.24) is 10.2 Å². The predicted octanol–water partition coefficient (Wildman–Crippen LogP) is 4.52. The lowest BCUT2D eigenvalue weighted by atomic mass is 10.2. The van der Waals surface area contributed by atoms with Gasteiger partial charge in [0.1, 0.15) is 5.75 Å². The van der Waals surface area contributed by atoms with Crippen LogP contribution in [-0.2, 0) is 4.79 Å². The zero-order valence-electron chi connectivity index (χ0n) is 13.9. The molecule has 3 rings (SSSR count). The van der Waals surface area contributed by atoms with Gasteiger partial charge in [-0.05, 0) is 48.5 Å². The molecule has 1 heterocycles. The second kappa shape index (κ2) is 8.73. The summed E-state index contributed by atoms with van der Waals surface area (Å²) in [7, 11) is 1.60. The van der Waals surface area contributed by atoms with E-state index in [1.165, 1.54) is 11.8 Å². The van der Waals surface area contributed by atoms with Crippen molar-refractivity contribution in [2.45, 2.75) is 11.6 Å². The van der Waals surface area contributed by atoms with Crippen molar-refractivity contribution in [2.24, 2.45) is 0 Å². The van der Waals surface area contributed by atoms with Crippen LogP contribution in [0.5, 0.6) is 5.75 Å². The fraction of sp³-hybridized carbons (Fsp3) is 0.167. The van der Waals surface area contributed by atoms with Crippen LogP contribution in [-0.4, -0.2) is 29.0 Å². The van der Waals surface area contributed by atoms with E-state index in [2.05, 4.69) is 15.5 Å². The zero-order valence-corrected chi connectivity index (χ0v) is 15.5. The van der Waals surface area contributed by atoms with E-state index in [0.717, 1.165) is 17.0 Å². The minimum Gasteiger partial charge on any atom is -0.497 e. The molecule has 0 bridgehead atoms. The molecule has 134 valence electrons. The summed E-state index contributed by atoms with van der Waals surface area (Å²) in [5.41, 5.74) is 1.52. The van der Waals surface area contributed by atoms with Crippen LogP contribution in [0.3, 0.4) is 0 Å². The number of nitrogens with zero attached hydrogens (tertiary/aromatic N) is 2. The van der Waals surface area contributed by atoms with Gasteiger partial charge in [0.15, 0.2) is 0 Å². The third-order valence-electron chi connectivity index (χ3n) is 3.43. The Bertz CT molecular complexity index is 866. The molecule has 8 heteroatoms. The number of benzene rings is 2. The van der Waals surface area contributed by atoms with Crippen LogP contribution < -0.4 is 10.1 Å². The summed E-state index contributed by atoms with van der Waals surface area (Å²) >= 11 is 7.20. The van der Waals surface area contributed by atoms with Crippen molar-refractivity contribution in [1.29, 1.82) is 0 Å². The van der Waals surface area contributed by atoms with E-state index >= 15 is 0 Å². The molecule has 0 unspecified atom stereocenters. The lowest BCUT2D eigenvalue weighted by Gasteiger charge is -2.05. The van der Waals surface area contributed by atoms with Crippen molar-refractivity contribution in [3.05, 3.63) is 53.6 Å². The first-order valence-electron chi connectivity index (χ1n) is 7.80. The number of thioether (sulfide) groups is 1. The SMILES string of the molecule is COc1ccc(NC(=O)CCSc2nnc(-c3ccc(Cl)cc3)o2)cc1. The Balaban J connectivity index is 1.47. The molecule has 0 saturated carbocycles. The van der Waals surface area contributed by atoms with Crippen LogP contribution in [0.2, 0.25) is 5.02 Å². The number of aromatic nitrogens is 2. The number of nitrogens with one attached hydrogen (secondary N) is 1. The molecule has 0 fully saturated rings. The van der Waals surface area contributed by atoms with Gasteiger partial charge in [-0.2, -0.15) is 0 Å². The molecule has 0 atom stereocenters. The van der Waals surface area contributed by atoms with Crippen molar-refractivity contribution in [2.75, 3.05) is 18.2 Å². The van der Waals surface area contributed by atoms with Gasteiger partial charge in [0.2, 0.25) is 11.8 Å². The van der Waals surface area contributed by atoms with Gasteiger partial charge in [-0.25, -0.2) is 0 Å². The molecule has 0 aliphatic rings. The summed E-state index contributed by atoms with van der Waals surface area (Å²) in [6.45, 7) is 0. The number of anilines is 1. The van der Waals surface area contributed by atoms with Gasteiger partial charge >= 0.3 is 0 Å². The molecule has 26 heavy (non-hydrogen) atoms. The first-order chi connectivity index (χ1) is 12.6. The Morgan fingerprint density at radius 2 is 1.88 bits per heavy atom. The molecule has 0 radical (unpaired) electrons. The highest BCUT2D eigenvalue weighted by atomic mass is 35.5. The standard InChI is InChI=1S/C18H16ClN3O3S/c1-24-15-8-6-14(7-9-15)20-16(23)10-11-26-18-22-21-17(25-18)12-2-4-13(19)5-3-12/h2-9H,10-11H2,1H3,(H,20,23). The molecule has 0 saturated heterocycles. The number of halogens is 1. The molecular formula is C18H16ClN3O3S. The van der Waals surface area contributed by atoms with E-state index in [1.54, 1.807) is 43.5 Å². The van der Waals surface area contributed by atoms with Gasteiger partial charge in [0.05, 0.1) is 7.11 Å². The van der Waals surface area contributed by atoms with Gasteiger partial charge in [0, 0.05) is 28.4 Å². The maximum atomic E-state index is 12.0. The third-order valence-corrected chi connectivity index (χ3v) is 4.50. The quantitative estimate of drug-likeness (QED) is 0.598. The largest absolute Gasteiger partial charge is 0.497 e. The highest BCUT2D eigenvalue weighted by Crippen LogP contribution is 2.24. The average Bonchev–Trinajstić information content (AvgIpc) is 3.12. The zero-order chi connectivity index (χ0) is 18.4. The van der Waals surface area contributed by atoms with E-state index in [-0.39, 0.29) is 5.91 Å². The molecule has 0 aliphatic carbocycles. The van der Waals surface area contributed by atoms with E-state index in [9.17, 15) is 4.79 Å². The van der Waals surface area contributed by atoms with Crippen molar-refractivity contribution in [3.8, 4) is 17.2 Å². The maximum Gasteiger partial charge on any atom is 0.276 e. The fourth-order valence-electron chi connectivity index (χ4n) is 2.11. The number of ether oxygens (including phenoxy) is 1. The Hall–Kier alpha value is -2.51. The van der Waals surface area contributed by atoms with E-state index in [4.69, 9.17) is 20.8 Å². The number of rotatable bonds is 7. The minimum absolute atomic E-state index is 0.0832. The molecule has 0 aliphatic heterocycles. The number of hydrogen-bond acceptors (Lipinski definition) is 6. The molecule has 0 spiro atoms. The Labute approximate surface area is 159 Å². The highest BCUT2D eigenvalue weighted by Gasteiger charge is 2.10. The second-order valence-electron chi connectivity index (χ2n) is 5.26. The Morgan fingerprint density at radius 3 is 2.58 bits per heavy atom. The first kappa shape index (κ1) is 18.3. The summed E-state index contributed by atoms with van der Waals surface area (Å²) in [6.07, 6.45) is 0.329. The molecule has 6 nitrogen and oxygen atoms in total. The smallest absolute Gasteiger partial charge is 0.276 e. The summed E-state index contributed by atoms with van der Waals surface area (Å²) in [6, 6.07) is 14.3. The normalized spacial score (nSPS) is 10.5. The first-order valence-corrected chi connectivity index (χ1v) is 9.16. The van der Waals surface area contributed by atoms with Crippen molar-refractivity contribution < 1.29 is 13.9 Å². The van der Waals surface area contributed by atoms with E-state index in [0.29, 0.717) is 28.3 Å². The Morgan fingerprint density at radius 1 is 1.15 bits per heavy atom. The number of methoxy groups -OCH3 is 1. The molecular weight excluding hydrogens is 374 g/mol. The molecule has 2 aromatic carbocycles. The van der Waals surface area contributed by atoms with Crippen molar-refractivity contribution in [3.63, 3.8) is 0 Å². The van der Waals surface area contributed by atoms with Crippen LogP contribution in [0.1, 0.15) is 6.42 Å². The van der Waals surface area contributed by atoms with Gasteiger partial charge in [0.25, 0.3) is 5.22 Å². The summed E-state index contributed by atoms with van der Waals surface area (Å²) < 4.78 is 10.7. The number of hydrogen-bond donors (Lipinski definition) is 1.